The van der Waals surface area contributed by atoms with Crippen molar-refractivity contribution in [2.45, 2.75) is 31.4 Å². The molecule has 0 spiro atoms. The molecule has 1 aromatic carbocycles. The molecule has 1 aromatic rings. The number of hydrogen-bond acceptors (Lipinski definition) is 4. The van der Waals surface area contributed by atoms with Gasteiger partial charge in [0.2, 0.25) is 10.0 Å². The van der Waals surface area contributed by atoms with Crippen LogP contribution >= 0.6 is 15.9 Å². The third kappa shape index (κ3) is 4.53. The quantitative estimate of drug-likeness (QED) is 0.801. The summed E-state index contributed by atoms with van der Waals surface area (Å²) < 4.78 is 28.0. The molecule has 0 aromatic heterocycles. The molecule has 7 heteroatoms. The Morgan fingerprint density at radius 1 is 1.40 bits per heavy atom. The number of hydrogen-bond donors (Lipinski definition) is 2. The van der Waals surface area contributed by atoms with Gasteiger partial charge in [-0.05, 0) is 61.1 Å². The number of sulfonamides is 1. The number of aliphatic hydroxyl groups excluding tert-OH is 1. The number of halogens is 1. The van der Waals surface area contributed by atoms with Gasteiger partial charge in [0, 0.05) is 17.1 Å². The highest BCUT2D eigenvalue weighted by molar-refractivity contribution is 9.10. The van der Waals surface area contributed by atoms with Crippen LogP contribution in [0.3, 0.4) is 0 Å². The smallest absolute Gasteiger partial charge is 0.241 e. The summed E-state index contributed by atoms with van der Waals surface area (Å²) in [7, 11) is 0.147. The van der Waals surface area contributed by atoms with E-state index in [0.717, 1.165) is 5.56 Å². The third-order valence-electron chi connectivity index (χ3n) is 2.75. The first kappa shape index (κ1) is 17.6. The van der Waals surface area contributed by atoms with Crippen LogP contribution in [0, 0.1) is 6.92 Å². The van der Waals surface area contributed by atoms with Crippen molar-refractivity contribution in [3.8, 4) is 0 Å². The fraction of sp³-hybridized carbons (Fsp3) is 0.538. The van der Waals surface area contributed by atoms with E-state index in [-0.39, 0.29) is 17.5 Å². The Morgan fingerprint density at radius 2 is 2.00 bits per heavy atom. The highest BCUT2D eigenvalue weighted by atomic mass is 79.9. The molecule has 1 atom stereocenters. The molecule has 20 heavy (non-hydrogen) atoms. The molecule has 0 amide bonds. The minimum absolute atomic E-state index is 0.159. The summed E-state index contributed by atoms with van der Waals surface area (Å²) in [5, 5.41) is 9.21. The van der Waals surface area contributed by atoms with E-state index >= 15 is 0 Å². The third-order valence-corrected chi connectivity index (χ3v) is 5.68. The van der Waals surface area contributed by atoms with Gasteiger partial charge in [-0.2, -0.15) is 0 Å². The Bertz CT molecular complexity index is 573. The lowest BCUT2D eigenvalue weighted by molar-refractivity contribution is 0.281. The van der Waals surface area contributed by atoms with Crippen LogP contribution in [0.25, 0.3) is 0 Å². The van der Waals surface area contributed by atoms with Crippen molar-refractivity contribution in [3.63, 3.8) is 0 Å². The molecule has 0 aliphatic carbocycles. The minimum Gasteiger partial charge on any atom is -0.392 e. The average Bonchev–Trinajstić information content (AvgIpc) is 2.30. The molecule has 0 aliphatic heterocycles. The Kier molecular flexibility index (Phi) is 6.15. The summed E-state index contributed by atoms with van der Waals surface area (Å²) in [4.78, 5) is 2.07. The van der Waals surface area contributed by atoms with Crippen molar-refractivity contribution in [2.24, 2.45) is 0 Å². The van der Waals surface area contributed by atoms with E-state index in [1.54, 1.807) is 13.0 Å². The summed E-state index contributed by atoms with van der Waals surface area (Å²) in [5.41, 5.74) is 1.35. The van der Waals surface area contributed by atoms with Crippen molar-refractivity contribution in [1.29, 1.82) is 0 Å². The summed E-state index contributed by atoms with van der Waals surface area (Å²) in [6.07, 6.45) is 0. The Morgan fingerprint density at radius 3 is 2.50 bits per heavy atom. The molecule has 114 valence electrons. The fourth-order valence-electron chi connectivity index (χ4n) is 2.01. The number of rotatable bonds is 6. The Balaban J connectivity index is 3.12. The molecule has 0 radical (unpaired) electrons. The van der Waals surface area contributed by atoms with Crippen molar-refractivity contribution in [1.82, 2.24) is 9.62 Å². The summed E-state index contributed by atoms with van der Waals surface area (Å²) in [6, 6.07) is 3.04. The van der Waals surface area contributed by atoms with E-state index in [2.05, 4.69) is 20.7 Å². The average molecular weight is 365 g/mol. The largest absolute Gasteiger partial charge is 0.392 e. The second-order valence-corrected chi connectivity index (χ2v) is 7.64. The Hall–Kier alpha value is -0.470. The van der Waals surface area contributed by atoms with Gasteiger partial charge in [-0.25, -0.2) is 13.1 Å². The molecule has 2 N–H and O–H groups in total. The molecule has 1 rings (SSSR count). The fourth-order valence-corrected chi connectivity index (χ4v) is 4.31. The van der Waals surface area contributed by atoms with E-state index in [1.165, 1.54) is 6.07 Å². The van der Waals surface area contributed by atoms with Crippen LogP contribution in [0.2, 0.25) is 0 Å². The first-order valence-electron chi connectivity index (χ1n) is 6.24. The van der Waals surface area contributed by atoms with Gasteiger partial charge < -0.3 is 10.0 Å². The number of likely N-dealkylation sites (N-methyl/N-ethyl adjacent to an activating group) is 1. The zero-order valence-electron chi connectivity index (χ0n) is 12.1. The van der Waals surface area contributed by atoms with Crippen molar-refractivity contribution in [3.05, 3.63) is 27.7 Å². The van der Waals surface area contributed by atoms with Gasteiger partial charge in [0.25, 0.3) is 0 Å². The lowest BCUT2D eigenvalue weighted by Crippen LogP contribution is -2.39. The summed E-state index contributed by atoms with van der Waals surface area (Å²) >= 11 is 3.31. The maximum absolute atomic E-state index is 12.4. The van der Waals surface area contributed by atoms with Crippen LogP contribution in [0.1, 0.15) is 18.1 Å². The van der Waals surface area contributed by atoms with Crippen LogP contribution in [-0.2, 0) is 16.6 Å². The van der Waals surface area contributed by atoms with E-state index in [9.17, 15) is 13.5 Å². The van der Waals surface area contributed by atoms with Crippen molar-refractivity contribution >= 4 is 26.0 Å². The molecule has 0 aliphatic rings. The lowest BCUT2D eigenvalue weighted by Gasteiger charge is -2.19. The summed E-state index contributed by atoms with van der Waals surface area (Å²) in [5.74, 6) is 0. The molecule has 0 bridgehead atoms. The van der Waals surface area contributed by atoms with Crippen LogP contribution < -0.4 is 4.72 Å². The number of aryl methyl sites for hydroxylation is 1. The number of nitrogens with zero attached hydrogens (tertiary/aromatic N) is 1. The number of nitrogens with one attached hydrogen (secondary N) is 1. The molecule has 0 heterocycles. The van der Waals surface area contributed by atoms with Crippen LogP contribution in [0.15, 0.2) is 21.5 Å². The van der Waals surface area contributed by atoms with E-state index in [0.29, 0.717) is 16.6 Å². The highest BCUT2D eigenvalue weighted by Gasteiger charge is 2.22. The van der Waals surface area contributed by atoms with E-state index in [4.69, 9.17) is 0 Å². The van der Waals surface area contributed by atoms with Crippen LogP contribution in [-0.4, -0.2) is 45.1 Å². The van der Waals surface area contributed by atoms with Gasteiger partial charge in [-0.1, -0.05) is 6.07 Å². The molecule has 0 saturated heterocycles. The van der Waals surface area contributed by atoms with Crippen LogP contribution in [0.4, 0.5) is 0 Å². The molecule has 5 nitrogen and oxygen atoms in total. The zero-order valence-corrected chi connectivity index (χ0v) is 14.5. The van der Waals surface area contributed by atoms with Gasteiger partial charge in [0.15, 0.2) is 0 Å². The second-order valence-electron chi connectivity index (χ2n) is 5.17. The maximum atomic E-state index is 12.4. The Labute approximate surface area is 129 Å². The van der Waals surface area contributed by atoms with Crippen molar-refractivity contribution in [2.75, 3.05) is 20.6 Å². The van der Waals surface area contributed by atoms with Crippen LogP contribution in [0.5, 0.6) is 0 Å². The van der Waals surface area contributed by atoms with E-state index in [1.807, 2.05) is 25.9 Å². The van der Waals surface area contributed by atoms with Gasteiger partial charge in [0.1, 0.15) is 0 Å². The number of aliphatic hydroxyl groups is 1. The van der Waals surface area contributed by atoms with Crippen molar-refractivity contribution < 1.29 is 13.5 Å². The van der Waals surface area contributed by atoms with Gasteiger partial charge in [-0.3, -0.25) is 0 Å². The van der Waals surface area contributed by atoms with Gasteiger partial charge >= 0.3 is 0 Å². The minimum atomic E-state index is -3.63. The van der Waals surface area contributed by atoms with Gasteiger partial charge in [-0.15, -0.1) is 0 Å². The molecular weight excluding hydrogens is 344 g/mol. The molecule has 0 saturated carbocycles. The second kappa shape index (κ2) is 7.00. The number of benzene rings is 1. The zero-order chi connectivity index (χ0) is 15.5. The van der Waals surface area contributed by atoms with Gasteiger partial charge in [0.05, 0.1) is 11.5 Å². The molecule has 0 fully saturated rings. The SMILES string of the molecule is Cc1cc(CO)cc(S(=O)(=O)NC(C)CN(C)C)c1Br. The maximum Gasteiger partial charge on any atom is 0.241 e. The predicted molar refractivity (Wildman–Crippen MR) is 83.1 cm³/mol. The first-order valence-corrected chi connectivity index (χ1v) is 8.52. The first-order chi connectivity index (χ1) is 9.17. The monoisotopic (exact) mass is 364 g/mol. The molecule has 1 unspecified atom stereocenters. The highest BCUT2D eigenvalue weighted by Crippen LogP contribution is 2.27. The molecular formula is C13H21BrN2O3S. The topological polar surface area (TPSA) is 69.6 Å². The predicted octanol–water partition coefficient (Wildman–Crippen LogP) is 1.48. The lowest BCUT2D eigenvalue weighted by atomic mass is 10.1. The summed E-state index contributed by atoms with van der Waals surface area (Å²) in [6.45, 7) is 4.03. The van der Waals surface area contributed by atoms with E-state index < -0.39 is 10.0 Å². The standard InChI is InChI=1S/C13H21BrN2O3S/c1-9-5-11(8-17)6-12(13(9)14)20(18,19)15-10(2)7-16(3)4/h5-6,10,15,17H,7-8H2,1-4H3. The normalized spacial score (nSPS) is 13.8.